The molecule has 0 saturated heterocycles. The lowest BCUT2D eigenvalue weighted by Crippen LogP contribution is -2.36. The Morgan fingerprint density at radius 3 is 2.28 bits per heavy atom. The monoisotopic (exact) mass is 361 g/mol. The predicted molar refractivity (Wildman–Crippen MR) is 91.7 cm³/mol. The lowest BCUT2D eigenvalue weighted by molar-refractivity contribution is 0.171. The van der Waals surface area contributed by atoms with Crippen LogP contribution >= 0.6 is 0 Å². The maximum absolute atomic E-state index is 12.9. The molecule has 0 spiro atoms. The van der Waals surface area contributed by atoms with Gasteiger partial charge in [-0.2, -0.15) is 4.31 Å². The fraction of sp³-hybridized carbons (Fsp3) is 0.333. The van der Waals surface area contributed by atoms with Gasteiger partial charge in [0.1, 0.15) is 19.0 Å². The summed E-state index contributed by atoms with van der Waals surface area (Å²) in [4.78, 5) is 0.272. The molecule has 6 nitrogen and oxygen atoms in total. The predicted octanol–water partition coefficient (Wildman–Crippen LogP) is 2.21. The van der Waals surface area contributed by atoms with E-state index in [9.17, 15) is 8.42 Å². The zero-order valence-corrected chi connectivity index (χ0v) is 14.7. The lowest BCUT2D eigenvalue weighted by atomic mass is 10.00. The van der Waals surface area contributed by atoms with Gasteiger partial charge < -0.3 is 14.2 Å². The van der Waals surface area contributed by atoms with Crippen LogP contribution in [0.2, 0.25) is 0 Å². The Labute approximate surface area is 147 Å². The summed E-state index contributed by atoms with van der Waals surface area (Å²) in [6.45, 7) is 1.84. The van der Waals surface area contributed by atoms with Crippen LogP contribution < -0.4 is 14.2 Å². The van der Waals surface area contributed by atoms with Crippen molar-refractivity contribution >= 4 is 10.0 Å². The summed E-state index contributed by atoms with van der Waals surface area (Å²) in [5.74, 6) is 2.07. The molecule has 2 heterocycles. The maximum atomic E-state index is 12.9. The number of nitrogens with zero attached hydrogens (tertiary/aromatic N) is 1. The van der Waals surface area contributed by atoms with Crippen molar-refractivity contribution in [1.29, 1.82) is 0 Å². The Morgan fingerprint density at radius 2 is 1.64 bits per heavy atom. The van der Waals surface area contributed by atoms with Crippen molar-refractivity contribution in [1.82, 2.24) is 4.31 Å². The summed E-state index contributed by atoms with van der Waals surface area (Å²) in [6.07, 6.45) is 0.654. The third-order valence-corrected chi connectivity index (χ3v) is 6.40. The van der Waals surface area contributed by atoms with Crippen LogP contribution in [-0.2, 0) is 23.0 Å². The molecule has 0 saturated carbocycles. The highest BCUT2D eigenvalue weighted by Gasteiger charge is 2.29. The number of benzene rings is 2. The normalized spacial score (nSPS) is 17.0. The van der Waals surface area contributed by atoms with E-state index in [4.69, 9.17) is 14.2 Å². The number of methoxy groups -OCH3 is 1. The van der Waals surface area contributed by atoms with E-state index in [0.717, 1.165) is 16.9 Å². The second kappa shape index (κ2) is 6.24. The van der Waals surface area contributed by atoms with Gasteiger partial charge in [-0.1, -0.05) is 0 Å². The molecule has 2 aromatic carbocycles. The quantitative estimate of drug-likeness (QED) is 0.839. The lowest BCUT2D eigenvalue weighted by Gasteiger charge is -2.30. The highest BCUT2D eigenvalue weighted by atomic mass is 32.2. The second-order valence-electron chi connectivity index (χ2n) is 6.03. The van der Waals surface area contributed by atoms with Gasteiger partial charge in [-0.25, -0.2) is 8.42 Å². The molecular formula is C18H19NO5S. The summed E-state index contributed by atoms with van der Waals surface area (Å²) in [5.41, 5.74) is 2.08. The molecule has 2 aliphatic heterocycles. The van der Waals surface area contributed by atoms with Gasteiger partial charge in [-0.05, 0) is 53.9 Å². The molecule has 132 valence electrons. The molecule has 2 aromatic rings. The van der Waals surface area contributed by atoms with Crippen molar-refractivity contribution in [2.24, 2.45) is 0 Å². The molecule has 0 fully saturated rings. The van der Waals surface area contributed by atoms with Crippen molar-refractivity contribution in [2.75, 3.05) is 26.9 Å². The van der Waals surface area contributed by atoms with E-state index < -0.39 is 10.0 Å². The summed E-state index contributed by atoms with van der Waals surface area (Å²) >= 11 is 0. The minimum atomic E-state index is -3.55. The van der Waals surface area contributed by atoms with E-state index in [-0.39, 0.29) is 4.90 Å². The second-order valence-corrected chi connectivity index (χ2v) is 7.97. The molecule has 0 aromatic heterocycles. The zero-order chi connectivity index (χ0) is 17.4. The van der Waals surface area contributed by atoms with Gasteiger partial charge in [-0.15, -0.1) is 0 Å². The smallest absolute Gasteiger partial charge is 0.243 e. The van der Waals surface area contributed by atoms with E-state index in [0.29, 0.717) is 44.2 Å². The molecule has 7 heteroatoms. The molecule has 25 heavy (non-hydrogen) atoms. The minimum Gasteiger partial charge on any atom is -0.497 e. The van der Waals surface area contributed by atoms with Crippen LogP contribution in [0.1, 0.15) is 11.1 Å². The highest BCUT2D eigenvalue weighted by Crippen LogP contribution is 2.36. The third-order valence-electron chi connectivity index (χ3n) is 4.54. The fourth-order valence-electron chi connectivity index (χ4n) is 3.17. The third kappa shape index (κ3) is 2.94. The molecule has 2 aliphatic rings. The van der Waals surface area contributed by atoms with E-state index in [1.807, 2.05) is 12.1 Å². The molecule has 0 radical (unpaired) electrons. The first-order chi connectivity index (χ1) is 12.1. The number of sulfonamides is 1. The van der Waals surface area contributed by atoms with Crippen LogP contribution in [0.3, 0.4) is 0 Å². The van der Waals surface area contributed by atoms with E-state index in [1.165, 1.54) is 4.31 Å². The highest BCUT2D eigenvalue weighted by molar-refractivity contribution is 7.89. The molecule has 0 atom stereocenters. The Kier molecular flexibility index (Phi) is 4.05. The first kappa shape index (κ1) is 16.2. The van der Waals surface area contributed by atoms with Crippen molar-refractivity contribution < 1.29 is 22.6 Å². The summed E-state index contributed by atoms with van der Waals surface area (Å²) in [7, 11) is -1.99. The Balaban J connectivity index is 1.62. The van der Waals surface area contributed by atoms with Crippen LogP contribution in [-0.4, -0.2) is 39.6 Å². The van der Waals surface area contributed by atoms with Crippen LogP contribution in [0, 0.1) is 0 Å². The average molecular weight is 361 g/mol. The Morgan fingerprint density at radius 1 is 1.00 bits per heavy atom. The topological polar surface area (TPSA) is 65.1 Å². The van der Waals surface area contributed by atoms with E-state index in [2.05, 4.69) is 0 Å². The number of hydrogen-bond donors (Lipinski definition) is 0. The molecule has 0 bridgehead atoms. The molecule has 4 rings (SSSR count). The van der Waals surface area contributed by atoms with Gasteiger partial charge in [0.05, 0.1) is 12.0 Å². The number of fused-ring (bicyclic) bond motifs is 2. The molecule has 0 amide bonds. The van der Waals surface area contributed by atoms with Crippen molar-refractivity contribution in [2.45, 2.75) is 17.9 Å². The maximum Gasteiger partial charge on any atom is 0.243 e. The first-order valence-electron chi connectivity index (χ1n) is 8.13. The van der Waals surface area contributed by atoms with Gasteiger partial charge in [0.15, 0.2) is 11.5 Å². The number of ether oxygens (including phenoxy) is 3. The van der Waals surface area contributed by atoms with Gasteiger partial charge in [0, 0.05) is 13.1 Å². The average Bonchev–Trinajstić information content (AvgIpc) is 2.66. The SMILES string of the molecule is COc1ccc(S(=O)(=O)N2CCc3cc4c(cc3C2)OCCO4)cc1. The summed E-state index contributed by atoms with van der Waals surface area (Å²) in [6, 6.07) is 10.3. The molecule has 0 unspecified atom stereocenters. The van der Waals surface area contributed by atoms with E-state index in [1.54, 1.807) is 31.4 Å². The van der Waals surface area contributed by atoms with Gasteiger partial charge in [0.2, 0.25) is 10.0 Å². The fourth-order valence-corrected chi connectivity index (χ4v) is 4.59. The summed E-state index contributed by atoms with van der Waals surface area (Å²) < 4.78 is 43.6. The van der Waals surface area contributed by atoms with Crippen LogP contribution in [0.5, 0.6) is 17.2 Å². The van der Waals surface area contributed by atoms with Gasteiger partial charge in [-0.3, -0.25) is 0 Å². The minimum absolute atomic E-state index is 0.272. The molecule has 0 aliphatic carbocycles. The standard InChI is InChI=1S/C18H19NO5S/c1-22-15-2-4-16(5-3-15)25(20,21)19-7-6-13-10-17-18(11-14(13)12-19)24-9-8-23-17/h2-5,10-11H,6-9,12H2,1H3. The van der Waals surface area contributed by atoms with Crippen molar-refractivity contribution in [3.8, 4) is 17.2 Å². The van der Waals surface area contributed by atoms with Gasteiger partial charge in [0.25, 0.3) is 0 Å². The molecule has 0 N–H and O–H groups in total. The van der Waals surface area contributed by atoms with Crippen LogP contribution in [0.4, 0.5) is 0 Å². The van der Waals surface area contributed by atoms with E-state index >= 15 is 0 Å². The molecular weight excluding hydrogens is 342 g/mol. The van der Waals surface area contributed by atoms with Crippen LogP contribution in [0.15, 0.2) is 41.3 Å². The largest absolute Gasteiger partial charge is 0.497 e. The van der Waals surface area contributed by atoms with Crippen LogP contribution in [0.25, 0.3) is 0 Å². The number of rotatable bonds is 3. The van der Waals surface area contributed by atoms with Crippen molar-refractivity contribution in [3.05, 3.63) is 47.5 Å². The van der Waals surface area contributed by atoms with Gasteiger partial charge >= 0.3 is 0 Å². The first-order valence-corrected chi connectivity index (χ1v) is 9.57. The Hall–Kier alpha value is -2.25. The Bertz CT molecular complexity index is 892. The zero-order valence-electron chi connectivity index (χ0n) is 13.9. The summed E-state index contributed by atoms with van der Waals surface area (Å²) in [5, 5.41) is 0. The number of hydrogen-bond acceptors (Lipinski definition) is 5. The van der Waals surface area contributed by atoms with Crippen molar-refractivity contribution in [3.63, 3.8) is 0 Å².